The van der Waals surface area contributed by atoms with Crippen LogP contribution in [0.4, 0.5) is 0 Å². The molecule has 0 aromatic rings. The van der Waals surface area contributed by atoms with Crippen LogP contribution < -0.4 is 0 Å². The first-order chi connectivity index (χ1) is 4.65. The number of carbonyl (C=O) groups excluding carboxylic acids is 1. The molecule has 4 heteroatoms. The Bertz CT molecular complexity index is 143. The first-order valence-electron chi connectivity index (χ1n) is 3.49. The van der Waals surface area contributed by atoms with E-state index >= 15 is 0 Å². The van der Waals surface area contributed by atoms with Gasteiger partial charge in [-0.15, -0.1) is 0 Å². The molecule has 1 fully saturated rings. The van der Waals surface area contributed by atoms with Crippen LogP contribution in [0.1, 0.15) is 19.8 Å². The summed E-state index contributed by atoms with van der Waals surface area (Å²) < 4.78 is 6.35. The fourth-order valence-electron chi connectivity index (χ4n) is 1.04. The average Bonchev–Trinajstić information content (AvgIpc) is 1.89. The maximum absolute atomic E-state index is 11.0. The van der Waals surface area contributed by atoms with Gasteiger partial charge >= 0.3 is 69.1 Å². The fourth-order valence-corrected chi connectivity index (χ4v) is 7.80. The van der Waals surface area contributed by atoms with E-state index in [1.165, 1.54) is 0 Å². The molecule has 2 nitrogen and oxygen atoms in total. The van der Waals surface area contributed by atoms with Crippen molar-refractivity contribution in [2.24, 2.45) is 0 Å². The summed E-state index contributed by atoms with van der Waals surface area (Å²) in [4.78, 5) is 11.0. The van der Waals surface area contributed by atoms with Gasteiger partial charge in [0.25, 0.3) is 0 Å². The Labute approximate surface area is 69.0 Å². The van der Waals surface area contributed by atoms with Crippen molar-refractivity contribution < 1.29 is 7.87 Å². The van der Waals surface area contributed by atoms with Crippen LogP contribution in [0.5, 0.6) is 0 Å². The molecule has 0 saturated carbocycles. The second kappa shape index (κ2) is 3.41. The maximum atomic E-state index is 11.0. The van der Waals surface area contributed by atoms with Crippen molar-refractivity contribution >= 4 is 30.4 Å². The van der Waals surface area contributed by atoms with Gasteiger partial charge in [-0.05, 0) is 0 Å². The summed E-state index contributed by atoms with van der Waals surface area (Å²) in [5.74, 6) is 0. The second-order valence-electron chi connectivity index (χ2n) is 2.59. The van der Waals surface area contributed by atoms with E-state index in [-0.39, 0.29) is 3.80 Å². The Morgan fingerprint density at radius 1 is 1.60 bits per heavy atom. The van der Waals surface area contributed by atoms with Crippen molar-refractivity contribution in [2.75, 3.05) is 6.61 Å². The molecule has 1 aliphatic rings. The summed E-state index contributed by atoms with van der Waals surface area (Å²) in [6.07, 6.45) is 2.15. The monoisotopic (exact) mass is 270 g/mol. The van der Waals surface area contributed by atoms with Gasteiger partial charge in [-0.2, -0.15) is 0 Å². The zero-order valence-corrected chi connectivity index (χ0v) is 9.63. The Balaban J connectivity index is 2.56. The molecule has 0 aliphatic carbocycles. The topological polar surface area (TPSA) is 26.3 Å². The van der Waals surface area contributed by atoms with Gasteiger partial charge in [-0.25, -0.2) is 0 Å². The minimum absolute atomic E-state index is 0.135. The first kappa shape index (κ1) is 8.81. The molecule has 0 spiro atoms. The van der Waals surface area contributed by atoms with Crippen LogP contribution in [0.25, 0.3) is 0 Å². The Morgan fingerprint density at radius 2 is 2.30 bits per heavy atom. The SMILES string of the molecule is C[C](=O)[Sn]1([Cl])[CH2]CCC[O]1. The summed E-state index contributed by atoms with van der Waals surface area (Å²) in [7, 11) is 6.05. The number of halogens is 1. The van der Waals surface area contributed by atoms with Gasteiger partial charge in [-0.1, -0.05) is 0 Å². The molecule has 58 valence electrons. The third-order valence-electron chi connectivity index (χ3n) is 1.75. The molecular weight excluding hydrogens is 258 g/mol. The third kappa shape index (κ3) is 1.86. The molecule has 1 atom stereocenters. The van der Waals surface area contributed by atoms with Crippen molar-refractivity contribution in [3.05, 3.63) is 0 Å². The average molecular weight is 269 g/mol. The second-order valence-corrected chi connectivity index (χ2v) is 15.1. The predicted molar refractivity (Wildman–Crippen MR) is 42.3 cm³/mol. The molecule has 1 heterocycles. The molecule has 10 heavy (non-hydrogen) atoms. The normalized spacial score (nSPS) is 33.8. The molecule has 0 bridgehead atoms. The van der Waals surface area contributed by atoms with E-state index in [2.05, 4.69) is 0 Å². The zero-order valence-electron chi connectivity index (χ0n) is 6.02. The molecular formula is C6H11ClO2Sn. The third-order valence-corrected chi connectivity index (χ3v) is 13.3. The zero-order chi connectivity index (χ0) is 7.61. The first-order valence-corrected chi connectivity index (χ1v) is 11.7. The molecule has 0 aromatic carbocycles. The van der Waals surface area contributed by atoms with Gasteiger partial charge < -0.3 is 0 Å². The van der Waals surface area contributed by atoms with Crippen molar-refractivity contribution in [1.29, 1.82) is 0 Å². The number of carbonyl (C=O) groups is 1. The molecule has 0 N–H and O–H groups in total. The molecule has 0 radical (unpaired) electrons. The Hall–Kier alpha value is 0.719. The number of hydrogen-bond donors (Lipinski definition) is 0. The van der Waals surface area contributed by atoms with Crippen LogP contribution in [0, 0.1) is 0 Å². The van der Waals surface area contributed by atoms with Crippen LogP contribution in [-0.2, 0) is 7.87 Å². The predicted octanol–water partition coefficient (Wildman–Crippen LogP) is 1.61. The standard InChI is InChI=1S/C4H8O.C2H3O.ClH.Sn/c1-2-3-4-5;1-2-3;;/h1-4H2;1H3;1H;/q-1;;;+2/p-1. The minimum atomic E-state index is -3.09. The van der Waals surface area contributed by atoms with Crippen molar-refractivity contribution in [3.8, 4) is 0 Å². The van der Waals surface area contributed by atoms with Crippen LogP contribution in [0.3, 0.4) is 0 Å². The Kier molecular flexibility index (Phi) is 3.01. The van der Waals surface area contributed by atoms with Gasteiger partial charge in [0.05, 0.1) is 0 Å². The summed E-state index contributed by atoms with van der Waals surface area (Å²) in [5.41, 5.74) is 0. The molecule has 1 aliphatic heterocycles. The quantitative estimate of drug-likeness (QED) is 0.676. The van der Waals surface area contributed by atoms with E-state index in [0.29, 0.717) is 6.61 Å². The number of rotatable bonds is 1. The van der Waals surface area contributed by atoms with E-state index in [9.17, 15) is 4.79 Å². The summed E-state index contributed by atoms with van der Waals surface area (Å²) in [6, 6.07) is 0. The number of hydrogen-bond acceptors (Lipinski definition) is 2. The van der Waals surface area contributed by atoms with Gasteiger partial charge in [0.15, 0.2) is 0 Å². The molecule has 0 amide bonds. The summed E-state index contributed by atoms with van der Waals surface area (Å²) in [6.45, 7) is 2.27. The summed E-state index contributed by atoms with van der Waals surface area (Å²) >= 11 is -3.09. The van der Waals surface area contributed by atoms with Crippen LogP contribution in [0.15, 0.2) is 0 Å². The van der Waals surface area contributed by atoms with E-state index < -0.39 is 17.7 Å². The van der Waals surface area contributed by atoms with Gasteiger partial charge in [0.1, 0.15) is 0 Å². The fraction of sp³-hybridized carbons (Fsp3) is 0.833. The van der Waals surface area contributed by atoms with Crippen LogP contribution in [-0.4, -0.2) is 28.1 Å². The summed E-state index contributed by atoms with van der Waals surface area (Å²) in [5, 5.41) is 0. The van der Waals surface area contributed by atoms with Gasteiger partial charge in [-0.3, -0.25) is 0 Å². The van der Waals surface area contributed by atoms with E-state index in [0.717, 1.165) is 17.3 Å². The van der Waals surface area contributed by atoms with Crippen molar-refractivity contribution in [2.45, 2.75) is 24.2 Å². The van der Waals surface area contributed by atoms with Crippen LogP contribution >= 0.6 is 8.92 Å². The van der Waals surface area contributed by atoms with Gasteiger partial charge in [0, 0.05) is 0 Å². The molecule has 1 rings (SSSR count). The van der Waals surface area contributed by atoms with E-state index in [4.69, 9.17) is 12.0 Å². The molecule has 1 unspecified atom stereocenters. The Morgan fingerprint density at radius 3 is 2.60 bits per heavy atom. The van der Waals surface area contributed by atoms with E-state index in [1.807, 2.05) is 0 Å². The van der Waals surface area contributed by atoms with Crippen molar-refractivity contribution in [3.63, 3.8) is 0 Å². The van der Waals surface area contributed by atoms with Gasteiger partial charge in [0.2, 0.25) is 0 Å². The van der Waals surface area contributed by atoms with E-state index in [1.54, 1.807) is 6.92 Å². The van der Waals surface area contributed by atoms with Crippen molar-refractivity contribution in [1.82, 2.24) is 0 Å². The molecule has 0 aromatic heterocycles. The van der Waals surface area contributed by atoms with Crippen LogP contribution in [0.2, 0.25) is 4.44 Å². The molecule has 1 saturated heterocycles.